The van der Waals surface area contributed by atoms with E-state index in [9.17, 15) is 4.79 Å². The molecule has 0 radical (unpaired) electrons. The van der Waals surface area contributed by atoms with Gasteiger partial charge in [-0.05, 0) is 49.7 Å². The van der Waals surface area contributed by atoms with Crippen LogP contribution in [0.3, 0.4) is 0 Å². The highest BCUT2D eigenvalue weighted by Gasteiger charge is 2.19. The summed E-state index contributed by atoms with van der Waals surface area (Å²) >= 11 is 0. The van der Waals surface area contributed by atoms with E-state index in [0.29, 0.717) is 25.2 Å². The molecular formula is C23H37IN4O3. The van der Waals surface area contributed by atoms with Crippen LogP contribution in [0.4, 0.5) is 0 Å². The molecule has 0 saturated carbocycles. The van der Waals surface area contributed by atoms with Crippen molar-refractivity contribution in [1.29, 1.82) is 0 Å². The van der Waals surface area contributed by atoms with Crippen molar-refractivity contribution >= 4 is 35.8 Å². The summed E-state index contributed by atoms with van der Waals surface area (Å²) < 4.78 is 11.3. The zero-order valence-electron chi connectivity index (χ0n) is 18.8. The minimum Gasteiger partial charge on any atom is -0.379 e. The van der Waals surface area contributed by atoms with E-state index in [4.69, 9.17) is 9.47 Å². The molecule has 174 valence electrons. The van der Waals surface area contributed by atoms with Gasteiger partial charge in [-0.3, -0.25) is 4.79 Å². The number of ether oxygens (including phenoxy) is 2. The number of likely N-dealkylation sites (N-methyl/N-ethyl adjacent to an activating group) is 1. The van der Waals surface area contributed by atoms with Gasteiger partial charge in [-0.15, -0.1) is 24.0 Å². The highest BCUT2D eigenvalue weighted by atomic mass is 127. The van der Waals surface area contributed by atoms with E-state index in [1.54, 1.807) is 19.0 Å². The first-order valence-corrected chi connectivity index (χ1v) is 11.1. The third kappa shape index (κ3) is 8.94. The lowest BCUT2D eigenvalue weighted by atomic mass is 9.88. The SMILES string of the molecule is CN(C)C(=O)CN=C(NCCCOCC1CCCO1)NC1CCc2ccccc2C1.I. The maximum atomic E-state index is 12.0. The first-order valence-electron chi connectivity index (χ1n) is 11.1. The molecule has 2 atom stereocenters. The van der Waals surface area contributed by atoms with Gasteiger partial charge in [-0.1, -0.05) is 24.3 Å². The van der Waals surface area contributed by atoms with E-state index < -0.39 is 0 Å². The average Bonchev–Trinajstić information content (AvgIpc) is 3.27. The Balaban J connectivity index is 0.00000341. The maximum absolute atomic E-state index is 12.0. The smallest absolute Gasteiger partial charge is 0.243 e. The van der Waals surface area contributed by atoms with E-state index in [-0.39, 0.29) is 42.5 Å². The molecule has 1 amide bonds. The van der Waals surface area contributed by atoms with Crippen molar-refractivity contribution in [1.82, 2.24) is 15.5 Å². The monoisotopic (exact) mass is 544 g/mol. The summed E-state index contributed by atoms with van der Waals surface area (Å²) in [5, 5.41) is 6.90. The molecule has 0 aromatic heterocycles. The Labute approximate surface area is 203 Å². The van der Waals surface area contributed by atoms with E-state index in [0.717, 1.165) is 51.7 Å². The normalized spacial score (nSPS) is 20.5. The molecule has 1 saturated heterocycles. The molecule has 0 bridgehead atoms. The lowest BCUT2D eigenvalue weighted by molar-refractivity contribution is -0.127. The average molecular weight is 544 g/mol. The number of hydrogen-bond donors (Lipinski definition) is 2. The molecule has 2 N–H and O–H groups in total. The van der Waals surface area contributed by atoms with Crippen LogP contribution >= 0.6 is 24.0 Å². The number of amides is 1. The summed E-state index contributed by atoms with van der Waals surface area (Å²) in [5.41, 5.74) is 2.83. The second-order valence-electron chi connectivity index (χ2n) is 8.30. The van der Waals surface area contributed by atoms with Crippen LogP contribution in [0.25, 0.3) is 0 Å². The van der Waals surface area contributed by atoms with Crippen LogP contribution in [0.15, 0.2) is 29.3 Å². The fraction of sp³-hybridized carbons (Fsp3) is 0.652. The molecule has 1 aliphatic heterocycles. The summed E-state index contributed by atoms with van der Waals surface area (Å²) in [5.74, 6) is 0.693. The van der Waals surface area contributed by atoms with Crippen LogP contribution < -0.4 is 10.6 Å². The van der Waals surface area contributed by atoms with Gasteiger partial charge >= 0.3 is 0 Å². The third-order valence-electron chi connectivity index (χ3n) is 5.64. The maximum Gasteiger partial charge on any atom is 0.243 e. The van der Waals surface area contributed by atoms with Gasteiger partial charge in [-0.25, -0.2) is 4.99 Å². The Hall–Kier alpha value is -1.39. The van der Waals surface area contributed by atoms with Gasteiger partial charge in [0.25, 0.3) is 0 Å². The molecule has 1 fully saturated rings. The largest absolute Gasteiger partial charge is 0.379 e. The Kier molecular flexibility index (Phi) is 11.6. The number of benzene rings is 1. The summed E-state index contributed by atoms with van der Waals surface area (Å²) in [7, 11) is 3.50. The van der Waals surface area contributed by atoms with Crippen molar-refractivity contribution in [2.24, 2.45) is 4.99 Å². The zero-order valence-corrected chi connectivity index (χ0v) is 21.1. The van der Waals surface area contributed by atoms with E-state index in [2.05, 4.69) is 39.9 Å². The molecule has 2 unspecified atom stereocenters. The fourth-order valence-corrected chi connectivity index (χ4v) is 3.83. The number of nitrogens with one attached hydrogen (secondary N) is 2. The molecule has 2 aliphatic rings. The number of fused-ring (bicyclic) bond motifs is 1. The van der Waals surface area contributed by atoms with Crippen LogP contribution in [0.5, 0.6) is 0 Å². The van der Waals surface area contributed by atoms with Gasteiger partial charge in [0.2, 0.25) is 5.91 Å². The molecular weight excluding hydrogens is 507 g/mol. The summed E-state index contributed by atoms with van der Waals surface area (Å²) in [6.07, 6.45) is 6.48. The molecule has 1 aromatic carbocycles. The second-order valence-corrected chi connectivity index (χ2v) is 8.30. The summed E-state index contributed by atoms with van der Waals surface area (Å²) in [6, 6.07) is 8.94. The third-order valence-corrected chi connectivity index (χ3v) is 5.64. The summed E-state index contributed by atoms with van der Waals surface area (Å²) in [4.78, 5) is 18.1. The van der Waals surface area contributed by atoms with Gasteiger partial charge < -0.3 is 25.0 Å². The van der Waals surface area contributed by atoms with Crippen LogP contribution in [0.1, 0.15) is 36.8 Å². The first kappa shape index (κ1) is 25.9. The Morgan fingerprint density at radius 2 is 2.06 bits per heavy atom. The second kappa shape index (κ2) is 13.9. The molecule has 0 spiro atoms. The highest BCUT2D eigenvalue weighted by Crippen LogP contribution is 2.21. The lowest BCUT2D eigenvalue weighted by Crippen LogP contribution is -2.46. The number of aryl methyl sites for hydroxylation is 1. The molecule has 1 heterocycles. The standard InChI is InChI=1S/C23H36N4O3.HI/c1-27(2)22(28)16-25-23(24-12-6-13-29-17-21-9-5-14-30-21)26-20-11-10-18-7-3-4-8-19(18)15-20;/h3-4,7-8,20-21H,5-6,9-17H2,1-2H3,(H2,24,25,26);1H. The van der Waals surface area contributed by atoms with Crippen molar-refractivity contribution in [3.05, 3.63) is 35.4 Å². The predicted octanol–water partition coefficient (Wildman–Crippen LogP) is 2.37. The number of hydrogen-bond acceptors (Lipinski definition) is 4. The molecule has 1 aromatic rings. The lowest BCUT2D eigenvalue weighted by Gasteiger charge is -2.27. The Bertz CT molecular complexity index is 708. The molecule has 31 heavy (non-hydrogen) atoms. The van der Waals surface area contributed by atoms with Crippen molar-refractivity contribution in [3.8, 4) is 0 Å². The van der Waals surface area contributed by atoms with Gasteiger partial charge in [0, 0.05) is 39.9 Å². The summed E-state index contributed by atoms with van der Waals surface area (Å²) in [6.45, 7) is 3.11. The van der Waals surface area contributed by atoms with Gasteiger partial charge in [0.1, 0.15) is 6.54 Å². The van der Waals surface area contributed by atoms with Crippen molar-refractivity contribution in [2.75, 3.05) is 47.0 Å². The number of guanidine groups is 1. The predicted molar refractivity (Wildman–Crippen MR) is 134 cm³/mol. The number of aliphatic imine (C=N–C) groups is 1. The minimum absolute atomic E-state index is 0. The van der Waals surface area contributed by atoms with Crippen LogP contribution in [0, 0.1) is 0 Å². The van der Waals surface area contributed by atoms with E-state index in [1.165, 1.54) is 11.1 Å². The Morgan fingerprint density at radius 3 is 2.81 bits per heavy atom. The zero-order chi connectivity index (χ0) is 21.2. The minimum atomic E-state index is -0.00927. The Morgan fingerprint density at radius 1 is 1.26 bits per heavy atom. The molecule has 3 rings (SSSR count). The number of nitrogens with zero attached hydrogens (tertiary/aromatic N) is 2. The van der Waals surface area contributed by atoms with Gasteiger partial charge in [-0.2, -0.15) is 0 Å². The van der Waals surface area contributed by atoms with Crippen LogP contribution in [0.2, 0.25) is 0 Å². The van der Waals surface area contributed by atoms with Gasteiger partial charge in [0.05, 0.1) is 12.7 Å². The molecule has 1 aliphatic carbocycles. The van der Waals surface area contributed by atoms with Crippen molar-refractivity contribution < 1.29 is 14.3 Å². The number of rotatable bonds is 9. The van der Waals surface area contributed by atoms with Crippen LogP contribution in [-0.4, -0.2) is 75.9 Å². The molecule has 7 nitrogen and oxygen atoms in total. The highest BCUT2D eigenvalue weighted by molar-refractivity contribution is 14.0. The van der Waals surface area contributed by atoms with Crippen molar-refractivity contribution in [2.45, 2.75) is 50.7 Å². The van der Waals surface area contributed by atoms with E-state index >= 15 is 0 Å². The first-order chi connectivity index (χ1) is 14.6. The topological polar surface area (TPSA) is 75.2 Å². The van der Waals surface area contributed by atoms with Crippen molar-refractivity contribution in [3.63, 3.8) is 0 Å². The fourth-order valence-electron chi connectivity index (χ4n) is 3.83. The van der Waals surface area contributed by atoms with Crippen LogP contribution in [-0.2, 0) is 27.1 Å². The number of carbonyl (C=O) groups excluding carboxylic acids is 1. The number of carbonyl (C=O) groups is 1. The molecule has 8 heteroatoms. The van der Waals surface area contributed by atoms with E-state index in [1.807, 2.05) is 0 Å². The number of halogens is 1. The van der Waals surface area contributed by atoms with Gasteiger partial charge in [0.15, 0.2) is 5.96 Å². The quantitative estimate of drug-likeness (QED) is 0.216.